The highest BCUT2D eigenvalue weighted by atomic mass is 16.5. The summed E-state index contributed by atoms with van der Waals surface area (Å²) < 4.78 is 5.32. The summed E-state index contributed by atoms with van der Waals surface area (Å²) in [4.78, 5) is 51.7. The molecule has 0 aromatic heterocycles. The lowest BCUT2D eigenvalue weighted by atomic mass is 10.2. The largest absolute Gasteiger partial charge is 0.478 e. The monoisotopic (exact) mass is 434 g/mol. The molecule has 1 saturated heterocycles. The summed E-state index contributed by atoms with van der Waals surface area (Å²) in [7, 11) is 0. The van der Waals surface area contributed by atoms with Crippen LogP contribution in [0.5, 0.6) is 0 Å². The lowest BCUT2D eigenvalue weighted by molar-refractivity contribution is -0.133. The predicted molar refractivity (Wildman–Crippen MR) is 115 cm³/mol. The van der Waals surface area contributed by atoms with Crippen LogP contribution in [0.1, 0.15) is 13.3 Å². The molecule has 10 nitrogen and oxygen atoms in total. The van der Waals surface area contributed by atoms with Gasteiger partial charge in [0.15, 0.2) is 0 Å². The molecule has 1 aliphatic heterocycles. The number of nitrogens with one attached hydrogen (secondary N) is 2. The minimum Gasteiger partial charge on any atom is -0.478 e. The number of hydrogen-bond acceptors (Lipinski definition) is 6. The van der Waals surface area contributed by atoms with Crippen LogP contribution in [0.15, 0.2) is 48.9 Å². The highest BCUT2D eigenvalue weighted by Gasteiger charge is 2.27. The molecule has 0 spiro atoms. The number of carboxylic acid groups (broad SMARTS) is 1. The molecule has 0 bridgehead atoms. The highest BCUT2D eigenvalue weighted by molar-refractivity contribution is 5.98. The Hall–Kier alpha value is -3.24. The molecule has 0 radical (unpaired) electrons. The molecular formula is C21H30N4O6. The quantitative estimate of drug-likeness (QED) is 0.369. The molecule has 1 rings (SSSR count). The summed E-state index contributed by atoms with van der Waals surface area (Å²) in [5.74, 6) is -3.49. The van der Waals surface area contributed by atoms with Crippen molar-refractivity contribution in [3.63, 3.8) is 0 Å². The zero-order chi connectivity index (χ0) is 23.4. The number of hydrogen-bond donors (Lipinski definition) is 3. The average Bonchev–Trinajstić information content (AvgIpc) is 2.75. The molecule has 0 aliphatic carbocycles. The van der Waals surface area contributed by atoms with Gasteiger partial charge in [0, 0.05) is 31.8 Å². The number of morpholine rings is 1. The molecule has 1 heterocycles. The molecule has 170 valence electrons. The molecule has 0 unspecified atom stereocenters. The Morgan fingerprint density at radius 1 is 1.13 bits per heavy atom. The number of carbonyl (C=O) groups is 4. The van der Waals surface area contributed by atoms with Gasteiger partial charge >= 0.3 is 5.97 Å². The zero-order valence-electron chi connectivity index (χ0n) is 17.8. The second-order valence-corrected chi connectivity index (χ2v) is 6.79. The molecule has 3 amide bonds. The van der Waals surface area contributed by atoms with Gasteiger partial charge in [0.05, 0.1) is 25.3 Å². The molecule has 0 saturated carbocycles. The maximum atomic E-state index is 12.8. The molecule has 3 N–H and O–H groups in total. The van der Waals surface area contributed by atoms with Gasteiger partial charge in [-0.3, -0.25) is 24.2 Å². The van der Waals surface area contributed by atoms with E-state index >= 15 is 0 Å². The smallest absolute Gasteiger partial charge is 0.337 e. The van der Waals surface area contributed by atoms with E-state index in [4.69, 9.17) is 4.74 Å². The standard InChI is InChI=1S/C21H30N4O6/c1-5-17(26)22-14-16(21(29)30)19(23-18(27)6-2)25(20(28)15(3)4)9-7-8-24-10-12-31-13-11-24/h5-6H,1-3,7-14H2,4H3,(H,22,26)(H,23,27)(H,29,30). The van der Waals surface area contributed by atoms with E-state index in [0.717, 1.165) is 30.1 Å². The van der Waals surface area contributed by atoms with Crippen LogP contribution in [0, 0.1) is 0 Å². The summed E-state index contributed by atoms with van der Waals surface area (Å²) in [6.45, 7) is 14.9. The summed E-state index contributed by atoms with van der Waals surface area (Å²) in [5.41, 5.74) is -0.206. The van der Waals surface area contributed by atoms with Gasteiger partial charge < -0.3 is 20.5 Å². The molecule has 31 heavy (non-hydrogen) atoms. The van der Waals surface area contributed by atoms with Gasteiger partial charge in [0.1, 0.15) is 5.82 Å². The highest BCUT2D eigenvalue weighted by Crippen LogP contribution is 2.14. The second-order valence-electron chi connectivity index (χ2n) is 6.79. The normalized spacial score (nSPS) is 14.6. The van der Waals surface area contributed by atoms with Crippen molar-refractivity contribution >= 4 is 23.7 Å². The SMILES string of the molecule is C=CC(=O)NCC(C(=O)O)=C(NC(=O)C=C)N(CCCN1CCOCC1)C(=O)C(=C)C. The first-order chi connectivity index (χ1) is 14.7. The van der Waals surface area contributed by atoms with Gasteiger partial charge in [-0.25, -0.2) is 4.79 Å². The first-order valence-corrected chi connectivity index (χ1v) is 9.78. The van der Waals surface area contributed by atoms with Gasteiger partial charge in [0.25, 0.3) is 5.91 Å². The third-order valence-corrected chi connectivity index (χ3v) is 4.44. The van der Waals surface area contributed by atoms with Gasteiger partial charge in [-0.2, -0.15) is 0 Å². The fourth-order valence-electron chi connectivity index (χ4n) is 2.80. The minimum atomic E-state index is -1.41. The molecular weight excluding hydrogens is 404 g/mol. The van der Waals surface area contributed by atoms with Gasteiger partial charge in [-0.1, -0.05) is 19.7 Å². The average molecular weight is 434 g/mol. The summed E-state index contributed by atoms with van der Waals surface area (Å²) in [6, 6.07) is 0. The van der Waals surface area contributed by atoms with Crippen molar-refractivity contribution in [1.82, 2.24) is 20.4 Å². The van der Waals surface area contributed by atoms with E-state index in [2.05, 4.69) is 35.3 Å². The third kappa shape index (κ3) is 8.57. The predicted octanol–water partition coefficient (Wildman–Crippen LogP) is 0.0140. The lowest BCUT2D eigenvalue weighted by Gasteiger charge is -2.30. The maximum absolute atomic E-state index is 12.8. The van der Waals surface area contributed by atoms with Crippen molar-refractivity contribution in [2.75, 3.05) is 45.9 Å². The van der Waals surface area contributed by atoms with Crippen molar-refractivity contribution in [3.05, 3.63) is 48.9 Å². The van der Waals surface area contributed by atoms with Crippen molar-refractivity contribution in [2.24, 2.45) is 0 Å². The molecule has 0 aromatic carbocycles. The molecule has 1 aliphatic rings. The van der Waals surface area contributed by atoms with Crippen molar-refractivity contribution < 1.29 is 29.0 Å². The number of aliphatic carboxylic acids is 1. The number of amides is 3. The van der Waals surface area contributed by atoms with E-state index in [1.807, 2.05) is 0 Å². The first kappa shape index (κ1) is 25.8. The molecule has 0 aromatic rings. The number of carbonyl (C=O) groups excluding carboxylic acids is 3. The molecule has 0 atom stereocenters. The van der Waals surface area contributed by atoms with E-state index in [-0.39, 0.29) is 23.5 Å². The van der Waals surface area contributed by atoms with Gasteiger partial charge in [-0.15, -0.1) is 0 Å². The van der Waals surface area contributed by atoms with Crippen LogP contribution < -0.4 is 10.6 Å². The summed E-state index contributed by atoms with van der Waals surface area (Å²) in [6.07, 6.45) is 2.46. The Morgan fingerprint density at radius 2 is 1.74 bits per heavy atom. The molecule has 10 heteroatoms. The summed E-state index contributed by atoms with van der Waals surface area (Å²) >= 11 is 0. The van der Waals surface area contributed by atoms with E-state index in [9.17, 15) is 24.3 Å². The fraction of sp³-hybridized carbons (Fsp3) is 0.429. The minimum absolute atomic E-state index is 0.127. The first-order valence-electron chi connectivity index (χ1n) is 9.78. The van der Waals surface area contributed by atoms with Crippen LogP contribution in [0.3, 0.4) is 0 Å². The van der Waals surface area contributed by atoms with Crippen LogP contribution >= 0.6 is 0 Å². The topological polar surface area (TPSA) is 128 Å². The number of ether oxygens (including phenoxy) is 1. The van der Waals surface area contributed by atoms with Gasteiger partial charge in [-0.05, 0) is 25.5 Å². The van der Waals surface area contributed by atoms with Crippen molar-refractivity contribution in [3.8, 4) is 0 Å². The van der Waals surface area contributed by atoms with E-state index in [0.29, 0.717) is 26.2 Å². The van der Waals surface area contributed by atoms with Crippen LogP contribution in [0.2, 0.25) is 0 Å². The maximum Gasteiger partial charge on any atom is 0.337 e. The van der Waals surface area contributed by atoms with Crippen LogP contribution in [-0.2, 0) is 23.9 Å². The second kappa shape index (κ2) is 13.1. The number of nitrogens with zero attached hydrogens (tertiary/aromatic N) is 2. The van der Waals surface area contributed by atoms with E-state index in [1.54, 1.807) is 0 Å². The lowest BCUT2D eigenvalue weighted by Crippen LogP contribution is -2.44. The van der Waals surface area contributed by atoms with Crippen molar-refractivity contribution in [1.29, 1.82) is 0 Å². The Kier molecular flexibility index (Phi) is 10.9. The number of rotatable bonds is 12. The van der Waals surface area contributed by atoms with Crippen LogP contribution in [0.4, 0.5) is 0 Å². The Morgan fingerprint density at radius 3 is 2.26 bits per heavy atom. The van der Waals surface area contributed by atoms with Gasteiger partial charge in [0.2, 0.25) is 11.8 Å². The van der Waals surface area contributed by atoms with Crippen LogP contribution in [0.25, 0.3) is 0 Å². The molecule has 1 fully saturated rings. The fourth-order valence-corrected chi connectivity index (χ4v) is 2.80. The van der Waals surface area contributed by atoms with Crippen LogP contribution in [-0.4, -0.2) is 84.5 Å². The Balaban J connectivity index is 3.24. The van der Waals surface area contributed by atoms with E-state index < -0.39 is 30.2 Å². The number of carboxylic acids is 1. The zero-order valence-corrected chi connectivity index (χ0v) is 17.8. The third-order valence-electron chi connectivity index (χ3n) is 4.44. The Bertz CT molecular complexity index is 768. The van der Waals surface area contributed by atoms with Crippen molar-refractivity contribution in [2.45, 2.75) is 13.3 Å². The van der Waals surface area contributed by atoms with E-state index in [1.165, 1.54) is 6.92 Å². The summed E-state index contributed by atoms with van der Waals surface area (Å²) in [5, 5.41) is 14.5. The Labute approximate surface area is 181 Å².